The molecule has 0 amide bonds. The highest BCUT2D eigenvalue weighted by atomic mass is 16.5. The van der Waals surface area contributed by atoms with Gasteiger partial charge in [0.1, 0.15) is 11.3 Å². The molecule has 5 nitrogen and oxygen atoms in total. The minimum absolute atomic E-state index is 0.438. The minimum Gasteiger partial charge on any atom is -0.491 e. The largest absolute Gasteiger partial charge is 0.491 e. The summed E-state index contributed by atoms with van der Waals surface area (Å²) in [7, 11) is 2.17. The van der Waals surface area contributed by atoms with E-state index in [2.05, 4.69) is 34.5 Å². The monoisotopic (exact) mass is 288 g/mol. The van der Waals surface area contributed by atoms with Crippen LogP contribution in [0.5, 0.6) is 5.75 Å². The van der Waals surface area contributed by atoms with Crippen molar-refractivity contribution in [3.8, 4) is 5.75 Å². The van der Waals surface area contributed by atoms with Crippen molar-refractivity contribution in [2.24, 2.45) is 0 Å². The molecule has 3 rings (SSSR count). The predicted octanol–water partition coefficient (Wildman–Crippen LogP) is 2.67. The molecule has 0 atom stereocenters. The van der Waals surface area contributed by atoms with Gasteiger partial charge < -0.3 is 19.9 Å². The number of piperidine rings is 1. The normalized spacial score (nSPS) is 17.4. The number of fused-ring (bicyclic) bond motifs is 1. The average Bonchev–Trinajstić information content (AvgIpc) is 2.83. The molecule has 0 unspecified atom stereocenters. The van der Waals surface area contributed by atoms with Crippen molar-refractivity contribution in [2.45, 2.75) is 32.2 Å². The molecule has 2 aromatic rings. The standard InChI is InChI=1S/C16H24N4O/c1-3-11-21-14-6-4-5-13-15(14)18-16(17)20(13)12-7-9-19(2)10-8-12/h4-6,12H,3,7-11H2,1-2H3,(H2,17,18). The first-order valence-electron chi connectivity index (χ1n) is 7.78. The van der Waals surface area contributed by atoms with E-state index >= 15 is 0 Å². The maximum atomic E-state index is 6.20. The van der Waals surface area contributed by atoms with Crippen LogP contribution in [-0.4, -0.2) is 41.2 Å². The molecule has 0 radical (unpaired) electrons. The van der Waals surface area contributed by atoms with E-state index in [1.165, 1.54) is 0 Å². The summed E-state index contributed by atoms with van der Waals surface area (Å²) in [5, 5.41) is 0. The number of hydrogen-bond donors (Lipinski definition) is 1. The van der Waals surface area contributed by atoms with Crippen LogP contribution in [-0.2, 0) is 0 Å². The molecule has 2 N–H and O–H groups in total. The zero-order valence-electron chi connectivity index (χ0n) is 12.9. The molecule has 1 aromatic carbocycles. The summed E-state index contributed by atoms with van der Waals surface area (Å²) in [4.78, 5) is 6.93. The average molecular weight is 288 g/mol. The molecular weight excluding hydrogens is 264 g/mol. The van der Waals surface area contributed by atoms with Crippen LogP contribution in [0.4, 0.5) is 5.95 Å². The summed E-state index contributed by atoms with van der Waals surface area (Å²) in [6, 6.07) is 6.53. The zero-order chi connectivity index (χ0) is 14.8. The summed E-state index contributed by atoms with van der Waals surface area (Å²) < 4.78 is 8.00. The summed E-state index contributed by atoms with van der Waals surface area (Å²) in [6.45, 7) is 5.03. The third-order valence-electron chi connectivity index (χ3n) is 4.23. The molecule has 114 valence electrons. The van der Waals surface area contributed by atoms with Gasteiger partial charge in [-0.05, 0) is 51.5 Å². The number of nitrogens with two attached hydrogens (primary N) is 1. The lowest BCUT2D eigenvalue weighted by Crippen LogP contribution is -2.31. The molecule has 0 bridgehead atoms. The smallest absolute Gasteiger partial charge is 0.201 e. The highest BCUT2D eigenvalue weighted by Gasteiger charge is 2.23. The lowest BCUT2D eigenvalue weighted by atomic mass is 10.1. The van der Waals surface area contributed by atoms with Gasteiger partial charge in [0.2, 0.25) is 5.95 Å². The van der Waals surface area contributed by atoms with E-state index in [1.807, 2.05) is 12.1 Å². The van der Waals surface area contributed by atoms with Crippen LogP contribution in [0.2, 0.25) is 0 Å². The number of imidazole rings is 1. The molecule has 21 heavy (non-hydrogen) atoms. The Morgan fingerprint density at radius 1 is 1.33 bits per heavy atom. The Kier molecular flexibility index (Phi) is 4.01. The van der Waals surface area contributed by atoms with Crippen LogP contribution >= 0.6 is 0 Å². The highest BCUT2D eigenvalue weighted by Crippen LogP contribution is 2.33. The summed E-state index contributed by atoms with van der Waals surface area (Å²) in [6.07, 6.45) is 3.22. The van der Waals surface area contributed by atoms with Gasteiger partial charge in [0.25, 0.3) is 0 Å². The number of para-hydroxylation sites is 1. The molecule has 5 heteroatoms. The summed E-state index contributed by atoms with van der Waals surface area (Å²) >= 11 is 0. The van der Waals surface area contributed by atoms with E-state index in [-0.39, 0.29) is 0 Å². The third-order valence-corrected chi connectivity index (χ3v) is 4.23. The van der Waals surface area contributed by atoms with Gasteiger partial charge in [0.15, 0.2) is 0 Å². The van der Waals surface area contributed by atoms with E-state index in [0.29, 0.717) is 18.6 Å². The first-order chi connectivity index (χ1) is 10.2. The fourth-order valence-corrected chi connectivity index (χ4v) is 3.07. The van der Waals surface area contributed by atoms with Crippen LogP contribution in [0.15, 0.2) is 18.2 Å². The van der Waals surface area contributed by atoms with Gasteiger partial charge in [-0.1, -0.05) is 13.0 Å². The van der Waals surface area contributed by atoms with Crippen LogP contribution in [0.1, 0.15) is 32.2 Å². The van der Waals surface area contributed by atoms with Crippen molar-refractivity contribution in [1.29, 1.82) is 0 Å². The van der Waals surface area contributed by atoms with Crippen molar-refractivity contribution >= 4 is 17.0 Å². The maximum Gasteiger partial charge on any atom is 0.201 e. The molecule has 0 saturated carbocycles. The summed E-state index contributed by atoms with van der Waals surface area (Å²) in [5.41, 5.74) is 8.18. The number of rotatable bonds is 4. The van der Waals surface area contributed by atoms with Gasteiger partial charge in [-0.3, -0.25) is 0 Å². The Balaban J connectivity index is 1.97. The molecule has 1 saturated heterocycles. The van der Waals surface area contributed by atoms with Gasteiger partial charge in [0, 0.05) is 6.04 Å². The quantitative estimate of drug-likeness (QED) is 0.939. The second kappa shape index (κ2) is 5.93. The van der Waals surface area contributed by atoms with E-state index in [9.17, 15) is 0 Å². The van der Waals surface area contributed by atoms with E-state index < -0.39 is 0 Å². The molecule has 2 heterocycles. The Morgan fingerprint density at radius 3 is 2.81 bits per heavy atom. The number of aromatic nitrogens is 2. The third kappa shape index (κ3) is 2.70. The van der Waals surface area contributed by atoms with Crippen molar-refractivity contribution < 1.29 is 4.74 Å². The lowest BCUT2D eigenvalue weighted by Gasteiger charge is -2.30. The molecule has 1 aliphatic heterocycles. The first-order valence-corrected chi connectivity index (χ1v) is 7.78. The summed E-state index contributed by atoms with van der Waals surface area (Å²) in [5.74, 6) is 1.44. The van der Waals surface area contributed by atoms with E-state index in [4.69, 9.17) is 10.5 Å². The van der Waals surface area contributed by atoms with E-state index in [0.717, 1.165) is 49.1 Å². The van der Waals surface area contributed by atoms with Gasteiger partial charge in [0.05, 0.1) is 12.1 Å². The van der Waals surface area contributed by atoms with Gasteiger partial charge in [-0.25, -0.2) is 4.98 Å². The van der Waals surface area contributed by atoms with E-state index in [1.54, 1.807) is 0 Å². The van der Waals surface area contributed by atoms with Crippen LogP contribution < -0.4 is 10.5 Å². The molecule has 0 aliphatic carbocycles. The lowest BCUT2D eigenvalue weighted by molar-refractivity contribution is 0.225. The SMILES string of the molecule is CCCOc1cccc2c1nc(N)n2C1CCN(C)CC1. The van der Waals surface area contributed by atoms with Crippen LogP contribution in [0.25, 0.3) is 11.0 Å². The Hall–Kier alpha value is -1.75. The van der Waals surface area contributed by atoms with Gasteiger partial charge in [-0.15, -0.1) is 0 Å². The minimum atomic E-state index is 0.438. The van der Waals surface area contributed by atoms with Crippen LogP contribution in [0, 0.1) is 0 Å². The second-order valence-electron chi connectivity index (χ2n) is 5.85. The number of ether oxygens (including phenoxy) is 1. The van der Waals surface area contributed by atoms with Crippen molar-refractivity contribution in [2.75, 3.05) is 32.5 Å². The van der Waals surface area contributed by atoms with Crippen molar-refractivity contribution in [1.82, 2.24) is 14.5 Å². The van der Waals surface area contributed by atoms with Crippen molar-refractivity contribution in [3.63, 3.8) is 0 Å². The fourth-order valence-electron chi connectivity index (χ4n) is 3.07. The molecule has 0 spiro atoms. The predicted molar refractivity (Wildman–Crippen MR) is 85.7 cm³/mol. The Labute approximate surface area is 125 Å². The zero-order valence-corrected chi connectivity index (χ0v) is 12.9. The Bertz CT molecular complexity index is 614. The van der Waals surface area contributed by atoms with Crippen LogP contribution in [0.3, 0.4) is 0 Å². The maximum absolute atomic E-state index is 6.20. The number of benzene rings is 1. The molecular formula is C16H24N4O. The number of nitrogen functional groups attached to an aromatic ring is 1. The first kappa shape index (κ1) is 14.2. The van der Waals surface area contributed by atoms with Gasteiger partial charge >= 0.3 is 0 Å². The Morgan fingerprint density at radius 2 is 2.10 bits per heavy atom. The topological polar surface area (TPSA) is 56.3 Å². The molecule has 1 aliphatic rings. The second-order valence-corrected chi connectivity index (χ2v) is 5.85. The number of nitrogens with zero attached hydrogens (tertiary/aromatic N) is 3. The molecule has 1 fully saturated rings. The highest BCUT2D eigenvalue weighted by molar-refractivity contribution is 5.84. The fraction of sp³-hybridized carbons (Fsp3) is 0.562. The number of anilines is 1. The number of hydrogen-bond acceptors (Lipinski definition) is 4. The van der Waals surface area contributed by atoms with Gasteiger partial charge in [-0.2, -0.15) is 0 Å². The van der Waals surface area contributed by atoms with Crippen molar-refractivity contribution in [3.05, 3.63) is 18.2 Å². The number of likely N-dealkylation sites (tertiary alicyclic amines) is 1. The molecule has 1 aromatic heterocycles.